The molecule has 2 aromatic heterocycles. The second-order valence-corrected chi connectivity index (χ2v) is 4.65. The maximum Gasteiger partial charge on any atom is 0.0995 e. The van der Waals surface area contributed by atoms with Crippen LogP contribution in [0.2, 0.25) is 0 Å². The van der Waals surface area contributed by atoms with Crippen LogP contribution >= 0.6 is 23.7 Å². The van der Waals surface area contributed by atoms with Gasteiger partial charge in [0, 0.05) is 17.3 Å². The predicted molar refractivity (Wildman–Crippen MR) is 74.6 cm³/mol. The fraction of sp³-hybridized carbons (Fsp3) is 0.333. The number of thiophene rings is 1. The maximum atomic E-state index is 2.27. The number of nitrogens with zero attached hydrogens (tertiary/aromatic N) is 1. The van der Waals surface area contributed by atoms with Crippen molar-refractivity contribution < 1.29 is 0 Å². The van der Waals surface area contributed by atoms with Crippen LogP contribution in [0.15, 0.2) is 30.6 Å². The Bertz CT molecular complexity index is 407. The average molecular weight is 259 g/mol. The molecule has 0 bridgehead atoms. The minimum Gasteiger partial charge on any atom is -0.344 e. The third-order valence-electron chi connectivity index (χ3n) is 2.34. The Morgan fingerprint density at radius 1 is 1.25 bits per heavy atom. The number of hydrogen-bond donors (Lipinski definition) is 1. The lowest BCUT2D eigenvalue weighted by atomic mass is 10.2. The summed E-state index contributed by atoms with van der Waals surface area (Å²) in [6, 6.07) is 6.40. The average Bonchev–Trinajstić information content (AvgIpc) is 2.76. The summed E-state index contributed by atoms with van der Waals surface area (Å²) in [5.74, 6) is 0. The summed E-state index contributed by atoms with van der Waals surface area (Å²) >= 11 is 1.90. The number of rotatable bonds is 3. The van der Waals surface area contributed by atoms with Crippen LogP contribution in [0.1, 0.15) is 23.8 Å². The molecule has 2 nitrogen and oxygen atoms in total. The van der Waals surface area contributed by atoms with Gasteiger partial charge in [-0.3, -0.25) is 0 Å². The molecule has 0 atom stereocenters. The first kappa shape index (κ1) is 15.2. The van der Waals surface area contributed by atoms with Crippen LogP contribution < -0.4 is 6.15 Å². The number of aryl methyl sites for hydroxylation is 2. The molecule has 90 valence electrons. The Hall–Kier alpha value is -0.770. The molecule has 0 spiro atoms. The number of halogens is 1. The lowest BCUT2D eigenvalue weighted by molar-refractivity contribution is 0.933. The van der Waals surface area contributed by atoms with Crippen molar-refractivity contribution in [2.45, 2.75) is 26.7 Å². The van der Waals surface area contributed by atoms with Crippen molar-refractivity contribution in [3.8, 4) is 5.00 Å². The van der Waals surface area contributed by atoms with Crippen LogP contribution in [0.3, 0.4) is 0 Å². The third-order valence-corrected chi connectivity index (χ3v) is 3.65. The van der Waals surface area contributed by atoms with E-state index in [9.17, 15) is 0 Å². The van der Waals surface area contributed by atoms with Gasteiger partial charge in [-0.25, -0.2) is 0 Å². The standard InChI is InChI=1S/C12H15NS.ClH.H3N/c1-3-6-11-10(2)9-12(14-11)13-7-4-5-8-13;;/h4-5,7-9H,3,6H2,1-2H3;1H;1H3. The van der Waals surface area contributed by atoms with Crippen LogP contribution in [-0.2, 0) is 6.42 Å². The molecular weight excluding hydrogens is 240 g/mol. The van der Waals surface area contributed by atoms with Gasteiger partial charge in [0.25, 0.3) is 0 Å². The molecule has 0 unspecified atom stereocenters. The molecular formula is C12H19ClN2S. The molecule has 3 N–H and O–H groups in total. The first-order chi connectivity index (χ1) is 6.81. The minimum atomic E-state index is 0. The Kier molecular flexibility index (Phi) is 6.41. The van der Waals surface area contributed by atoms with E-state index in [0.29, 0.717) is 0 Å². The number of hydrogen-bond acceptors (Lipinski definition) is 2. The van der Waals surface area contributed by atoms with Gasteiger partial charge in [-0.05, 0) is 37.1 Å². The van der Waals surface area contributed by atoms with Gasteiger partial charge in [-0.2, -0.15) is 0 Å². The van der Waals surface area contributed by atoms with Crippen LogP contribution in [-0.4, -0.2) is 4.57 Å². The summed E-state index contributed by atoms with van der Waals surface area (Å²) in [5.41, 5.74) is 1.43. The predicted octanol–water partition coefficient (Wildman–Crippen LogP) is 4.38. The van der Waals surface area contributed by atoms with Gasteiger partial charge >= 0.3 is 0 Å². The topological polar surface area (TPSA) is 39.9 Å². The Labute approximate surface area is 107 Å². The number of aromatic nitrogens is 1. The Morgan fingerprint density at radius 3 is 2.44 bits per heavy atom. The molecule has 0 aliphatic carbocycles. The van der Waals surface area contributed by atoms with Crippen LogP contribution in [0.25, 0.3) is 5.00 Å². The van der Waals surface area contributed by atoms with Gasteiger partial charge < -0.3 is 10.7 Å². The molecule has 2 heterocycles. The van der Waals surface area contributed by atoms with Crippen molar-refractivity contribution in [3.63, 3.8) is 0 Å². The molecule has 16 heavy (non-hydrogen) atoms. The zero-order valence-electron chi connectivity index (χ0n) is 9.77. The van der Waals surface area contributed by atoms with Crippen LogP contribution in [0.5, 0.6) is 0 Å². The van der Waals surface area contributed by atoms with E-state index in [1.165, 1.54) is 28.3 Å². The van der Waals surface area contributed by atoms with Gasteiger partial charge in [0.1, 0.15) is 0 Å². The van der Waals surface area contributed by atoms with Crippen molar-refractivity contribution >= 4 is 23.7 Å². The van der Waals surface area contributed by atoms with E-state index in [0.717, 1.165) is 0 Å². The molecule has 0 aliphatic heterocycles. The van der Waals surface area contributed by atoms with Crippen LogP contribution in [0, 0.1) is 6.92 Å². The quantitative estimate of drug-likeness (QED) is 0.872. The molecule has 0 radical (unpaired) electrons. The monoisotopic (exact) mass is 258 g/mol. The molecule has 0 saturated heterocycles. The minimum absolute atomic E-state index is 0. The van der Waals surface area contributed by atoms with E-state index in [1.807, 2.05) is 11.3 Å². The van der Waals surface area contributed by atoms with Crippen molar-refractivity contribution in [2.24, 2.45) is 0 Å². The van der Waals surface area contributed by atoms with Crippen molar-refractivity contribution in [2.75, 3.05) is 0 Å². The second-order valence-electron chi connectivity index (χ2n) is 3.53. The zero-order valence-corrected chi connectivity index (χ0v) is 11.4. The molecule has 0 amide bonds. The lowest BCUT2D eigenvalue weighted by Gasteiger charge is -1.95. The molecule has 0 aromatic carbocycles. The van der Waals surface area contributed by atoms with Crippen molar-refractivity contribution in [1.82, 2.24) is 10.7 Å². The highest BCUT2D eigenvalue weighted by molar-refractivity contribution is 7.14. The smallest absolute Gasteiger partial charge is 0.0995 e. The SMILES string of the molecule is CCCc1sc(-n2cccc2)cc1C.Cl.N. The summed E-state index contributed by atoms with van der Waals surface area (Å²) in [5, 5.41) is 1.33. The van der Waals surface area contributed by atoms with Crippen LogP contribution in [0.4, 0.5) is 0 Å². The summed E-state index contributed by atoms with van der Waals surface area (Å²) in [6.45, 7) is 4.43. The molecule has 0 aliphatic rings. The van der Waals surface area contributed by atoms with Crippen molar-refractivity contribution in [1.29, 1.82) is 0 Å². The highest BCUT2D eigenvalue weighted by Gasteiger charge is 2.05. The lowest BCUT2D eigenvalue weighted by Crippen LogP contribution is -1.82. The van der Waals surface area contributed by atoms with Gasteiger partial charge in [-0.1, -0.05) is 13.3 Å². The largest absolute Gasteiger partial charge is 0.344 e. The van der Waals surface area contributed by atoms with E-state index < -0.39 is 0 Å². The Morgan fingerprint density at radius 2 is 1.88 bits per heavy atom. The van der Waals surface area contributed by atoms with E-state index in [2.05, 4.69) is 49.0 Å². The van der Waals surface area contributed by atoms with E-state index in [-0.39, 0.29) is 18.6 Å². The summed E-state index contributed by atoms with van der Waals surface area (Å²) in [6.07, 6.45) is 6.63. The zero-order chi connectivity index (χ0) is 9.97. The summed E-state index contributed by atoms with van der Waals surface area (Å²) in [4.78, 5) is 1.52. The normalized spacial score (nSPS) is 9.38. The van der Waals surface area contributed by atoms with Gasteiger partial charge in [0.15, 0.2) is 0 Å². The maximum absolute atomic E-state index is 2.27. The molecule has 2 aromatic rings. The fourth-order valence-corrected chi connectivity index (χ4v) is 2.83. The molecule has 0 saturated carbocycles. The van der Waals surface area contributed by atoms with E-state index in [4.69, 9.17) is 0 Å². The Balaban J connectivity index is 0.00000112. The first-order valence-corrected chi connectivity index (χ1v) is 5.85. The highest BCUT2D eigenvalue weighted by atomic mass is 35.5. The highest BCUT2D eigenvalue weighted by Crippen LogP contribution is 2.26. The third kappa shape index (κ3) is 3.11. The summed E-state index contributed by atoms with van der Waals surface area (Å²) < 4.78 is 2.18. The molecule has 4 heteroatoms. The van der Waals surface area contributed by atoms with Gasteiger partial charge in [0.05, 0.1) is 5.00 Å². The summed E-state index contributed by atoms with van der Waals surface area (Å²) in [7, 11) is 0. The van der Waals surface area contributed by atoms with Gasteiger partial charge in [-0.15, -0.1) is 23.7 Å². The van der Waals surface area contributed by atoms with E-state index >= 15 is 0 Å². The molecule has 0 fully saturated rings. The van der Waals surface area contributed by atoms with E-state index in [1.54, 1.807) is 0 Å². The van der Waals surface area contributed by atoms with Gasteiger partial charge in [0.2, 0.25) is 0 Å². The van der Waals surface area contributed by atoms with Crippen molar-refractivity contribution in [3.05, 3.63) is 41.0 Å². The first-order valence-electron chi connectivity index (χ1n) is 5.04. The second kappa shape index (κ2) is 6.74. The molecule has 2 rings (SSSR count). The fourth-order valence-electron chi connectivity index (χ4n) is 1.59.